The molecule has 2 unspecified atom stereocenters. The third-order valence-corrected chi connectivity index (χ3v) is 4.85. The average molecular weight is 396 g/mol. The van der Waals surface area contributed by atoms with Crippen molar-refractivity contribution in [3.63, 3.8) is 0 Å². The van der Waals surface area contributed by atoms with Crippen LogP contribution in [0.3, 0.4) is 0 Å². The minimum absolute atomic E-state index is 0.316. The molecule has 0 radical (unpaired) electrons. The molecule has 7 nitrogen and oxygen atoms in total. The van der Waals surface area contributed by atoms with Gasteiger partial charge in [-0.1, -0.05) is 11.6 Å². The number of anilines is 2. The average Bonchev–Trinajstić information content (AvgIpc) is 3.21. The van der Waals surface area contributed by atoms with Crippen LogP contribution in [0.2, 0.25) is 4.34 Å². The number of ether oxygens (including phenoxy) is 1. The molecule has 2 atom stereocenters. The number of rotatable bonds is 7. The highest BCUT2D eigenvalue weighted by atomic mass is 35.5. The predicted molar refractivity (Wildman–Crippen MR) is 103 cm³/mol. The summed E-state index contributed by atoms with van der Waals surface area (Å²) in [5.41, 5.74) is 1.33. The number of hydrogen-bond donors (Lipinski definition) is 3. The number of amides is 1. The van der Waals surface area contributed by atoms with Gasteiger partial charge in [0, 0.05) is 22.5 Å². The molecule has 2 aromatic rings. The zero-order chi connectivity index (χ0) is 18.5. The Balaban J connectivity index is 1.56. The number of aliphatic imine (C=N–C) groups is 1. The predicted octanol–water partition coefficient (Wildman–Crippen LogP) is 2.57. The van der Waals surface area contributed by atoms with Gasteiger partial charge in [-0.25, -0.2) is 4.79 Å². The van der Waals surface area contributed by atoms with Crippen LogP contribution in [0.4, 0.5) is 16.2 Å². The van der Waals surface area contributed by atoms with Crippen LogP contribution in [0, 0.1) is 0 Å². The van der Waals surface area contributed by atoms with Crippen molar-refractivity contribution in [2.24, 2.45) is 4.99 Å². The zero-order valence-corrected chi connectivity index (χ0v) is 15.3. The Labute approximate surface area is 159 Å². The summed E-state index contributed by atoms with van der Waals surface area (Å²) in [6, 6.07) is 10.6. The van der Waals surface area contributed by atoms with Crippen LogP contribution >= 0.6 is 22.9 Å². The van der Waals surface area contributed by atoms with Gasteiger partial charge in [0.25, 0.3) is 0 Å². The maximum Gasteiger partial charge on any atom is 0.414 e. The third kappa shape index (κ3) is 4.73. The number of carbonyl (C=O) groups excluding carboxylic acids is 1. The lowest BCUT2D eigenvalue weighted by atomic mass is 10.2. The normalized spacial score (nSPS) is 18.3. The summed E-state index contributed by atoms with van der Waals surface area (Å²) >= 11 is 7.30. The minimum atomic E-state index is -1.03. The van der Waals surface area contributed by atoms with Gasteiger partial charge in [-0.15, -0.1) is 11.3 Å². The molecule has 1 fully saturated rings. The summed E-state index contributed by atoms with van der Waals surface area (Å²) in [5.74, 6) is 0. The van der Waals surface area contributed by atoms with Gasteiger partial charge in [0.1, 0.15) is 12.3 Å². The van der Waals surface area contributed by atoms with E-state index < -0.39 is 12.3 Å². The molecule has 1 aliphatic heterocycles. The number of aliphatic hydroxyl groups is 2. The van der Waals surface area contributed by atoms with Crippen LogP contribution in [0.1, 0.15) is 4.88 Å². The zero-order valence-electron chi connectivity index (χ0n) is 13.7. The molecular weight excluding hydrogens is 378 g/mol. The first kappa shape index (κ1) is 18.7. The van der Waals surface area contributed by atoms with Gasteiger partial charge in [-0.2, -0.15) is 0 Å². The van der Waals surface area contributed by atoms with E-state index in [1.807, 2.05) is 12.1 Å². The second kappa shape index (κ2) is 8.50. The standard InChI is InChI=1S/C17H18ClN3O4S/c18-15-6-5-14(26-15)8-19-7-13-9-21(17(24)25-13)12-3-1-11(2-4-12)20-16(23)10-22/h1-6,8,13,16,20,22-23H,7,9-10H2. The maximum atomic E-state index is 12.1. The molecule has 1 aromatic carbocycles. The van der Waals surface area contributed by atoms with Crippen LogP contribution < -0.4 is 10.2 Å². The van der Waals surface area contributed by atoms with Gasteiger partial charge >= 0.3 is 6.09 Å². The van der Waals surface area contributed by atoms with Gasteiger partial charge in [0.05, 0.1) is 24.0 Å². The van der Waals surface area contributed by atoms with Gasteiger partial charge in [0.15, 0.2) is 0 Å². The van der Waals surface area contributed by atoms with Crippen molar-refractivity contribution in [3.05, 3.63) is 45.6 Å². The van der Waals surface area contributed by atoms with Crippen LogP contribution in [0.5, 0.6) is 0 Å². The Morgan fingerprint density at radius 1 is 1.38 bits per heavy atom. The van der Waals surface area contributed by atoms with Gasteiger partial charge in [-0.3, -0.25) is 9.89 Å². The summed E-state index contributed by atoms with van der Waals surface area (Å²) in [6.07, 6.45) is -0.0401. The van der Waals surface area contributed by atoms with E-state index in [-0.39, 0.29) is 12.7 Å². The lowest BCUT2D eigenvalue weighted by Gasteiger charge is -2.15. The Hall–Kier alpha value is -2.13. The highest BCUT2D eigenvalue weighted by molar-refractivity contribution is 7.17. The van der Waals surface area contributed by atoms with Crippen LogP contribution in [0.25, 0.3) is 0 Å². The number of halogens is 1. The molecule has 3 rings (SSSR count). The number of thiophene rings is 1. The molecule has 1 saturated heterocycles. The highest BCUT2D eigenvalue weighted by Gasteiger charge is 2.31. The first-order valence-corrected chi connectivity index (χ1v) is 9.13. The summed E-state index contributed by atoms with van der Waals surface area (Å²) in [5, 5.41) is 20.9. The first-order chi connectivity index (χ1) is 12.5. The van der Waals surface area contributed by atoms with Crippen LogP contribution in [0.15, 0.2) is 41.4 Å². The second-order valence-electron chi connectivity index (χ2n) is 5.64. The molecule has 1 aliphatic rings. The number of cyclic esters (lactones) is 1. The van der Waals surface area contributed by atoms with Crippen LogP contribution in [-0.4, -0.2) is 54.5 Å². The van der Waals surface area contributed by atoms with Crippen molar-refractivity contribution in [3.8, 4) is 0 Å². The van der Waals surface area contributed by atoms with Gasteiger partial charge < -0.3 is 20.3 Å². The molecule has 138 valence electrons. The monoisotopic (exact) mass is 395 g/mol. The second-order valence-corrected chi connectivity index (χ2v) is 7.39. The quantitative estimate of drug-likeness (QED) is 0.494. The van der Waals surface area contributed by atoms with Crippen molar-refractivity contribution in [1.82, 2.24) is 0 Å². The van der Waals surface area contributed by atoms with Crippen molar-refractivity contribution >= 4 is 46.6 Å². The molecule has 0 spiro atoms. The van der Waals surface area contributed by atoms with E-state index in [0.29, 0.717) is 28.8 Å². The summed E-state index contributed by atoms with van der Waals surface area (Å²) in [6.45, 7) is 0.396. The Morgan fingerprint density at radius 2 is 2.15 bits per heavy atom. The minimum Gasteiger partial charge on any atom is -0.442 e. The van der Waals surface area contributed by atoms with E-state index in [2.05, 4.69) is 10.3 Å². The summed E-state index contributed by atoms with van der Waals surface area (Å²) in [7, 11) is 0. The van der Waals surface area contributed by atoms with E-state index in [1.165, 1.54) is 16.2 Å². The third-order valence-electron chi connectivity index (χ3n) is 3.68. The van der Waals surface area contributed by atoms with E-state index in [4.69, 9.17) is 21.4 Å². The van der Waals surface area contributed by atoms with E-state index in [0.717, 1.165) is 4.88 Å². The van der Waals surface area contributed by atoms with E-state index >= 15 is 0 Å². The van der Waals surface area contributed by atoms with Crippen molar-refractivity contribution < 1.29 is 19.7 Å². The fraction of sp³-hybridized carbons (Fsp3) is 0.294. The smallest absolute Gasteiger partial charge is 0.414 e. The Morgan fingerprint density at radius 3 is 2.81 bits per heavy atom. The number of hydrogen-bond acceptors (Lipinski definition) is 7. The molecule has 26 heavy (non-hydrogen) atoms. The lowest BCUT2D eigenvalue weighted by molar-refractivity contribution is 0.117. The molecule has 2 heterocycles. The van der Waals surface area contributed by atoms with Crippen molar-refractivity contribution in [1.29, 1.82) is 0 Å². The SMILES string of the molecule is O=C1OC(CN=Cc2ccc(Cl)s2)CN1c1ccc(NC(O)CO)cc1. The summed E-state index contributed by atoms with van der Waals surface area (Å²) in [4.78, 5) is 18.9. The fourth-order valence-electron chi connectivity index (χ4n) is 2.46. The van der Waals surface area contributed by atoms with E-state index in [9.17, 15) is 9.90 Å². The molecule has 0 saturated carbocycles. The maximum absolute atomic E-state index is 12.1. The first-order valence-electron chi connectivity index (χ1n) is 7.94. The van der Waals surface area contributed by atoms with Crippen LogP contribution in [-0.2, 0) is 4.74 Å². The number of nitrogens with zero attached hydrogens (tertiary/aromatic N) is 2. The number of aliphatic hydroxyl groups excluding tert-OH is 2. The largest absolute Gasteiger partial charge is 0.442 e. The molecule has 9 heteroatoms. The lowest BCUT2D eigenvalue weighted by Crippen LogP contribution is -2.25. The number of nitrogens with one attached hydrogen (secondary N) is 1. The van der Waals surface area contributed by atoms with Gasteiger partial charge in [0.2, 0.25) is 0 Å². The Bertz CT molecular complexity index is 781. The molecular formula is C17H18ClN3O4S. The summed E-state index contributed by atoms with van der Waals surface area (Å²) < 4.78 is 6.05. The highest BCUT2D eigenvalue weighted by Crippen LogP contribution is 2.24. The van der Waals surface area contributed by atoms with Crippen molar-refractivity contribution in [2.45, 2.75) is 12.3 Å². The van der Waals surface area contributed by atoms with Gasteiger partial charge in [-0.05, 0) is 36.4 Å². The van der Waals surface area contributed by atoms with Crippen molar-refractivity contribution in [2.75, 3.05) is 29.9 Å². The molecule has 0 bridgehead atoms. The molecule has 1 aromatic heterocycles. The molecule has 1 amide bonds. The topological polar surface area (TPSA) is 94.4 Å². The Kier molecular flexibility index (Phi) is 6.10. The molecule has 3 N–H and O–H groups in total. The number of benzene rings is 1. The van der Waals surface area contributed by atoms with E-state index in [1.54, 1.807) is 30.5 Å². The number of carbonyl (C=O) groups is 1. The fourth-order valence-corrected chi connectivity index (χ4v) is 3.42. The molecule has 0 aliphatic carbocycles.